The predicted molar refractivity (Wildman–Crippen MR) is 116 cm³/mol. The minimum absolute atomic E-state index is 0.0303. The van der Waals surface area contributed by atoms with E-state index in [4.69, 9.17) is 9.47 Å². The average Bonchev–Trinajstić information content (AvgIpc) is 3.01. The van der Waals surface area contributed by atoms with Gasteiger partial charge in [-0.25, -0.2) is 0 Å². The molecule has 6 heteroatoms. The molecule has 0 radical (unpaired) electrons. The number of carbonyl (C=O) groups excluding carboxylic acids is 2. The number of benzene rings is 1. The van der Waals surface area contributed by atoms with Crippen molar-refractivity contribution in [2.45, 2.75) is 58.6 Å². The van der Waals surface area contributed by atoms with E-state index < -0.39 is 6.04 Å². The number of carbonyl (C=O) groups is 2. The normalized spacial score (nSPS) is 28.0. The van der Waals surface area contributed by atoms with Crippen molar-refractivity contribution in [2.24, 2.45) is 17.8 Å². The van der Waals surface area contributed by atoms with E-state index in [9.17, 15) is 14.7 Å². The van der Waals surface area contributed by atoms with Crippen LogP contribution in [0.15, 0.2) is 35.6 Å². The predicted octanol–water partition coefficient (Wildman–Crippen LogP) is 3.65. The Kier molecular flexibility index (Phi) is 6.37. The first-order valence-electron chi connectivity index (χ1n) is 11.5. The van der Waals surface area contributed by atoms with Gasteiger partial charge >= 0.3 is 0 Å². The molecule has 3 aliphatic rings. The van der Waals surface area contributed by atoms with Crippen LogP contribution in [0.4, 0.5) is 0 Å². The summed E-state index contributed by atoms with van der Waals surface area (Å²) in [6.07, 6.45) is 3.33. The standard InChI is InChI=1S/C25H33NO5/c1-15(2)9-12-30-18-6-4-5-17(14-18)22-21-23(28)19-13-16(3)7-8-20(19)31-24(21)25(29)26(22)10-11-27/h4-6,14-16,19-20,22,27H,7-13H2,1-3H3. The highest BCUT2D eigenvalue weighted by atomic mass is 16.5. The molecule has 0 spiro atoms. The Balaban J connectivity index is 1.67. The van der Waals surface area contributed by atoms with Gasteiger partial charge in [0.05, 0.1) is 30.7 Å². The molecule has 1 aromatic carbocycles. The quantitative estimate of drug-likeness (QED) is 0.719. The number of rotatable bonds is 7. The summed E-state index contributed by atoms with van der Waals surface area (Å²) < 4.78 is 12.1. The molecule has 1 saturated carbocycles. The maximum absolute atomic E-state index is 13.6. The molecule has 168 valence electrons. The minimum Gasteiger partial charge on any atom is -0.494 e. The molecular formula is C25H33NO5. The second-order valence-electron chi connectivity index (χ2n) is 9.52. The molecule has 0 bridgehead atoms. The Morgan fingerprint density at radius 1 is 1.26 bits per heavy atom. The van der Waals surface area contributed by atoms with Gasteiger partial charge in [-0.3, -0.25) is 9.59 Å². The van der Waals surface area contributed by atoms with Crippen LogP contribution in [0, 0.1) is 17.8 Å². The van der Waals surface area contributed by atoms with Crippen molar-refractivity contribution in [1.82, 2.24) is 4.90 Å². The molecule has 4 atom stereocenters. The summed E-state index contributed by atoms with van der Waals surface area (Å²) in [5.74, 6) is 1.46. The lowest BCUT2D eigenvalue weighted by molar-refractivity contribution is -0.136. The van der Waals surface area contributed by atoms with Crippen LogP contribution in [0.25, 0.3) is 0 Å². The van der Waals surface area contributed by atoms with Crippen molar-refractivity contribution in [3.05, 3.63) is 41.2 Å². The zero-order valence-corrected chi connectivity index (χ0v) is 18.7. The van der Waals surface area contributed by atoms with Crippen molar-refractivity contribution in [1.29, 1.82) is 0 Å². The molecule has 1 aliphatic carbocycles. The molecule has 2 aliphatic heterocycles. The SMILES string of the molecule is CC(C)CCOc1cccc(C2C3=C(OC4CCC(C)CC4C3=O)C(=O)N2CCO)c1. The van der Waals surface area contributed by atoms with Gasteiger partial charge in [0.25, 0.3) is 5.91 Å². The highest BCUT2D eigenvalue weighted by molar-refractivity contribution is 6.11. The molecule has 2 heterocycles. The van der Waals surface area contributed by atoms with Crippen LogP contribution < -0.4 is 4.74 Å². The van der Waals surface area contributed by atoms with Gasteiger partial charge in [-0.05, 0) is 55.2 Å². The van der Waals surface area contributed by atoms with Gasteiger partial charge in [-0.2, -0.15) is 0 Å². The van der Waals surface area contributed by atoms with E-state index in [1.165, 1.54) is 0 Å². The summed E-state index contributed by atoms with van der Waals surface area (Å²) in [7, 11) is 0. The van der Waals surface area contributed by atoms with Gasteiger partial charge < -0.3 is 19.5 Å². The van der Waals surface area contributed by atoms with Gasteiger partial charge in [-0.1, -0.05) is 32.9 Å². The first-order valence-corrected chi connectivity index (χ1v) is 11.5. The fourth-order valence-electron chi connectivity index (χ4n) is 5.00. The number of amides is 1. The van der Waals surface area contributed by atoms with E-state index >= 15 is 0 Å². The zero-order valence-electron chi connectivity index (χ0n) is 18.7. The number of aliphatic hydroxyl groups excluding tert-OH is 1. The van der Waals surface area contributed by atoms with Gasteiger partial charge in [-0.15, -0.1) is 0 Å². The van der Waals surface area contributed by atoms with Crippen molar-refractivity contribution in [3.8, 4) is 5.75 Å². The molecule has 4 rings (SSSR count). The number of ether oxygens (including phenoxy) is 2. The summed E-state index contributed by atoms with van der Waals surface area (Å²) in [6, 6.07) is 7.05. The number of hydrogen-bond donors (Lipinski definition) is 1. The molecule has 1 aromatic rings. The van der Waals surface area contributed by atoms with Crippen LogP contribution in [0.2, 0.25) is 0 Å². The smallest absolute Gasteiger partial charge is 0.290 e. The highest BCUT2D eigenvalue weighted by Crippen LogP contribution is 2.47. The molecule has 1 N–H and O–H groups in total. The van der Waals surface area contributed by atoms with Crippen molar-refractivity contribution in [2.75, 3.05) is 19.8 Å². The van der Waals surface area contributed by atoms with Crippen molar-refractivity contribution >= 4 is 11.7 Å². The number of fused-ring (bicyclic) bond motifs is 1. The zero-order chi connectivity index (χ0) is 22.1. The lowest BCUT2D eigenvalue weighted by Crippen LogP contribution is -2.41. The van der Waals surface area contributed by atoms with E-state index in [0.29, 0.717) is 24.0 Å². The lowest BCUT2D eigenvalue weighted by Gasteiger charge is -2.37. The van der Waals surface area contributed by atoms with Gasteiger partial charge in [0, 0.05) is 6.54 Å². The monoisotopic (exact) mass is 427 g/mol. The summed E-state index contributed by atoms with van der Waals surface area (Å²) in [5, 5.41) is 9.61. The van der Waals surface area contributed by atoms with Crippen LogP contribution in [-0.2, 0) is 14.3 Å². The van der Waals surface area contributed by atoms with Gasteiger partial charge in [0.1, 0.15) is 11.9 Å². The Bertz CT molecular complexity index is 876. The largest absolute Gasteiger partial charge is 0.494 e. The van der Waals surface area contributed by atoms with Gasteiger partial charge in [0.2, 0.25) is 0 Å². The molecule has 1 amide bonds. The lowest BCUT2D eigenvalue weighted by atomic mass is 9.74. The van der Waals surface area contributed by atoms with Crippen molar-refractivity contribution in [3.63, 3.8) is 0 Å². The van der Waals surface area contributed by atoms with E-state index in [1.807, 2.05) is 24.3 Å². The third kappa shape index (κ3) is 4.22. The Morgan fingerprint density at radius 2 is 2.06 bits per heavy atom. The molecule has 0 aromatic heterocycles. The van der Waals surface area contributed by atoms with Crippen LogP contribution >= 0.6 is 0 Å². The number of aliphatic hydroxyl groups is 1. The Hall–Kier alpha value is -2.34. The second kappa shape index (κ2) is 9.03. The number of Topliss-reactive ketones (excluding diaryl/α,β-unsaturated/α-hetero) is 1. The first kappa shape index (κ1) is 21.9. The average molecular weight is 428 g/mol. The Morgan fingerprint density at radius 3 is 2.81 bits per heavy atom. The van der Waals surface area contributed by atoms with Gasteiger partial charge in [0.15, 0.2) is 11.5 Å². The van der Waals surface area contributed by atoms with E-state index in [1.54, 1.807) is 4.90 Å². The topological polar surface area (TPSA) is 76.1 Å². The van der Waals surface area contributed by atoms with Crippen LogP contribution in [0.3, 0.4) is 0 Å². The van der Waals surface area contributed by atoms with Crippen LogP contribution in [0.5, 0.6) is 5.75 Å². The summed E-state index contributed by atoms with van der Waals surface area (Å²) in [4.78, 5) is 28.3. The number of β-amino-alcohol motifs (C(OH)–C–C–N with tert-alkyl or cyclic N) is 1. The Labute approximate surface area is 184 Å². The maximum atomic E-state index is 13.6. The van der Waals surface area contributed by atoms with Crippen LogP contribution in [0.1, 0.15) is 58.1 Å². The number of ketones is 1. The second-order valence-corrected chi connectivity index (χ2v) is 9.52. The molecule has 0 saturated heterocycles. The molecule has 6 nitrogen and oxygen atoms in total. The summed E-state index contributed by atoms with van der Waals surface area (Å²) >= 11 is 0. The third-order valence-corrected chi connectivity index (χ3v) is 6.68. The van der Waals surface area contributed by atoms with E-state index in [0.717, 1.165) is 37.0 Å². The number of hydrogen-bond acceptors (Lipinski definition) is 5. The summed E-state index contributed by atoms with van der Waals surface area (Å²) in [6.45, 7) is 7.06. The third-order valence-electron chi connectivity index (χ3n) is 6.68. The fraction of sp³-hybridized carbons (Fsp3) is 0.600. The van der Waals surface area contributed by atoms with Crippen LogP contribution in [-0.4, -0.2) is 47.6 Å². The number of nitrogens with zero attached hydrogens (tertiary/aromatic N) is 1. The highest BCUT2D eigenvalue weighted by Gasteiger charge is 2.52. The molecule has 31 heavy (non-hydrogen) atoms. The molecule has 4 unspecified atom stereocenters. The van der Waals surface area contributed by atoms with Crippen molar-refractivity contribution < 1.29 is 24.2 Å². The fourth-order valence-corrected chi connectivity index (χ4v) is 5.00. The van der Waals surface area contributed by atoms with E-state index in [-0.39, 0.29) is 42.6 Å². The summed E-state index contributed by atoms with van der Waals surface area (Å²) in [5.41, 5.74) is 1.27. The first-order chi connectivity index (χ1) is 14.9. The molecule has 1 fully saturated rings. The van der Waals surface area contributed by atoms with E-state index in [2.05, 4.69) is 20.8 Å². The molecular weight excluding hydrogens is 394 g/mol. The maximum Gasteiger partial charge on any atom is 0.290 e. The minimum atomic E-state index is -0.547.